The second kappa shape index (κ2) is 7.84. The molecule has 0 fully saturated rings. The van der Waals surface area contributed by atoms with E-state index in [1.807, 2.05) is 6.92 Å². The van der Waals surface area contributed by atoms with E-state index in [1.54, 1.807) is 0 Å². The summed E-state index contributed by atoms with van der Waals surface area (Å²) >= 11 is 0. The van der Waals surface area contributed by atoms with Crippen LogP contribution in [0.2, 0.25) is 0 Å². The molecule has 1 atom stereocenters. The highest BCUT2D eigenvalue weighted by Gasteiger charge is 2.16. The van der Waals surface area contributed by atoms with E-state index in [9.17, 15) is 9.59 Å². The van der Waals surface area contributed by atoms with Crippen LogP contribution in [0.25, 0.3) is 5.53 Å². The first-order valence-corrected chi connectivity index (χ1v) is 4.74. The molecular formula is C9H15N3O3. The lowest BCUT2D eigenvalue weighted by molar-refractivity contribution is -0.145. The number of nitrogens with two attached hydrogens (primary N) is 1. The third-order valence-electron chi connectivity index (χ3n) is 1.65. The predicted molar refractivity (Wildman–Crippen MR) is 53.1 cm³/mol. The van der Waals surface area contributed by atoms with Gasteiger partial charge >= 0.3 is 12.2 Å². The SMILES string of the molecule is CCCOC(=O)[C@@H](N)CCC(=O)C=[N+]=[N-]. The number of ether oxygens (including phenoxy) is 1. The van der Waals surface area contributed by atoms with Crippen LogP contribution in [0.4, 0.5) is 0 Å². The van der Waals surface area contributed by atoms with Gasteiger partial charge in [-0.1, -0.05) is 6.92 Å². The molecule has 0 unspecified atom stereocenters. The van der Waals surface area contributed by atoms with Crippen molar-refractivity contribution in [1.29, 1.82) is 0 Å². The number of carbonyl (C=O) groups excluding carboxylic acids is 2. The van der Waals surface area contributed by atoms with Gasteiger partial charge in [0.1, 0.15) is 6.04 Å². The van der Waals surface area contributed by atoms with Gasteiger partial charge in [0.15, 0.2) is 0 Å². The normalized spacial score (nSPS) is 11.3. The van der Waals surface area contributed by atoms with E-state index < -0.39 is 12.0 Å². The summed E-state index contributed by atoms with van der Waals surface area (Å²) in [7, 11) is 0. The van der Waals surface area contributed by atoms with E-state index in [1.165, 1.54) is 0 Å². The molecule has 0 aromatic rings. The Labute approximate surface area is 88.0 Å². The molecule has 6 heteroatoms. The summed E-state index contributed by atoms with van der Waals surface area (Å²) in [6.45, 7) is 2.21. The molecule has 2 N–H and O–H groups in total. The molecule has 0 amide bonds. The van der Waals surface area contributed by atoms with Crippen LogP contribution in [0.1, 0.15) is 26.2 Å². The van der Waals surface area contributed by atoms with Crippen LogP contribution < -0.4 is 5.73 Å². The summed E-state index contributed by atoms with van der Waals surface area (Å²) in [4.78, 5) is 24.6. The Morgan fingerprint density at radius 1 is 1.60 bits per heavy atom. The number of esters is 1. The van der Waals surface area contributed by atoms with Crippen molar-refractivity contribution >= 4 is 18.0 Å². The van der Waals surface area contributed by atoms with E-state index in [0.717, 1.165) is 12.6 Å². The minimum Gasteiger partial charge on any atom is -0.465 e. The van der Waals surface area contributed by atoms with Crippen LogP contribution in [0.15, 0.2) is 0 Å². The van der Waals surface area contributed by atoms with E-state index in [-0.39, 0.29) is 18.6 Å². The monoisotopic (exact) mass is 213 g/mol. The molecule has 0 aromatic carbocycles. The zero-order valence-electron chi connectivity index (χ0n) is 8.68. The molecule has 84 valence electrons. The maximum atomic E-state index is 11.1. The van der Waals surface area contributed by atoms with Gasteiger partial charge in [0, 0.05) is 6.42 Å². The number of ketones is 1. The van der Waals surface area contributed by atoms with Crippen molar-refractivity contribution < 1.29 is 19.1 Å². The zero-order valence-corrected chi connectivity index (χ0v) is 8.68. The number of nitrogens with zero attached hydrogens (tertiary/aromatic N) is 2. The fourth-order valence-electron chi connectivity index (χ4n) is 0.854. The summed E-state index contributed by atoms with van der Waals surface area (Å²) in [6.07, 6.45) is 1.76. The summed E-state index contributed by atoms with van der Waals surface area (Å²) in [6, 6.07) is -0.799. The molecule has 0 radical (unpaired) electrons. The molecule has 0 bridgehead atoms. The lowest BCUT2D eigenvalue weighted by Crippen LogP contribution is -2.33. The van der Waals surface area contributed by atoms with Crippen LogP contribution in [0, 0.1) is 0 Å². The lowest BCUT2D eigenvalue weighted by atomic mass is 10.1. The van der Waals surface area contributed by atoms with Gasteiger partial charge < -0.3 is 16.0 Å². The Morgan fingerprint density at radius 2 is 2.27 bits per heavy atom. The Kier molecular flexibility index (Phi) is 7.05. The Morgan fingerprint density at radius 3 is 2.80 bits per heavy atom. The molecule has 0 aliphatic carbocycles. The number of hydrogen-bond acceptors (Lipinski definition) is 4. The fourth-order valence-corrected chi connectivity index (χ4v) is 0.854. The fraction of sp³-hybridized carbons (Fsp3) is 0.667. The molecule has 0 rings (SSSR count). The summed E-state index contributed by atoms with van der Waals surface area (Å²) in [5.74, 6) is -0.887. The average Bonchev–Trinajstić information content (AvgIpc) is 2.22. The Bertz CT molecular complexity index is 272. The van der Waals surface area contributed by atoms with Crippen molar-refractivity contribution in [3.8, 4) is 0 Å². The van der Waals surface area contributed by atoms with Crippen LogP contribution in [0.5, 0.6) is 0 Å². The van der Waals surface area contributed by atoms with Crippen molar-refractivity contribution in [2.24, 2.45) is 5.73 Å². The topological polar surface area (TPSA) is 106 Å². The maximum Gasteiger partial charge on any atom is 0.323 e. The molecule has 0 saturated carbocycles. The number of carbonyl (C=O) groups is 2. The van der Waals surface area contributed by atoms with Gasteiger partial charge in [-0.25, -0.2) is 0 Å². The van der Waals surface area contributed by atoms with Gasteiger partial charge in [-0.2, -0.15) is 4.79 Å². The summed E-state index contributed by atoms with van der Waals surface area (Å²) in [5.41, 5.74) is 13.5. The minimum absolute atomic E-state index is 0.0620. The van der Waals surface area contributed by atoms with Gasteiger partial charge in [-0.05, 0) is 12.8 Å². The lowest BCUT2D eigenvalue weighted by Gasteiger charge is -2.09. The van der Waals surface area contributed by atoms with Gasteiger partial charge in [-0.15, -0.1) is 0 Å². The number of Topliss-reactive ketones (excluding diaryl/α,β-unsaturated/α-hetero) is 1. The highest BCUT2D eigenvalue weighted by atomic mass is 16.5. The molecule has 15 heavy (non-hydrogen) atoms. The molecule has 0 aliphatic heterocycles. The zero-order chi connectivity index (χ0) is 11.7. The summed E-state index contributed by atoms with van der Waals surface area (Å²) < 4.78 is 4.79. The highest BCUT2D eigenvalue weighted by Crippen LogP contribution is 1.98. The van der Waals surface area contributed by atoms with Crippen molar-refractivity contribution in [2.75, 3.05) is 6.61 Å². The average molecular weight is 213 g/mol. The predicted octanol–water partition coefficient (Wildman–Crippen LogP) is -0.0832. The summed E-state index contributed by atoms with van der Waals surface area (Å²) in [5, 5.41) is 0. The van der Waals surface area contributed by atoms with Crippen molar-refractivity contribution in [1.82, 2.24) is 0 Å². The van der Waals surface area contributed by atoms with Crippen LogP contribution in [0.3, 0.4) is 0 Å². The van der Waals surface area contributed by atoms with Crippen molar-refractivity contribution in [3.05, 3.63) is 5.53 Å². The van der Waals surface area contributed by atoms with Gasteiger partial charge in [0.2, 0.25) is 5.78 Å². The first-order chi connectivity index (χ1) is 7.11. The van der Waals surface area contributed by atoms with Gasteiger partial charge in [-0.3, -0.25) is 9.59 Å². The standard InChI is InChI=1S/C9H15N3O3/c1-2-5-15-9(14)8(10)4-3-7(13)6-12-11/h6,8H,2-5,10H2,1H3/t8-/m0/s1. The molecule has 0 spiro atoms. The molecule has 0 heterocycles. The molecular weight excluding hydrogens is 198 g/mol. The molecule has 0 saturated heterocycles. The van der Waals surface area contributed by atoms with Crippen LogP contribution >= 0.6 is 0 Å². The van der Waals surface area contributed by atoms with Crippen LogP contribution in [-0.4, -0.2) is 35.4 Å². The quantitative estimate of drug-likeness (QED) is 0.276. The second-order valence-electron chi connectivity index (χ2n) is 3.02. The van der Waals surface area contributed by atoms with Gasteiger partial charge in [0.05, 0.1) is 6.61 Å². The van der Waals surface area contributed by atoms with Crippen molar-refractivity contribution in [3.63, 3.8) is 0 Å². The number of rotatable bonds is 7. The Balaban J connectivity index is 3.82. The second-order valence-corrected chi connectivity index (χ2v) is 3.02. The van der Waals surface area contributed by atoms with Crippen molar-refractivity contribution in [2.45, 2.75) is 32.2 Å². The first kappa shape index (κ1) is 13.5. The van der Waals surface area contributed by atoms with E-state index in [4.69, 9.17) is 16.0 Å². The first-order valence-electron chi connectivity index (χ1n) is 4.74. The highest BCUT2D eigenvalue weighted by molar-refractivity contribution is 6.25. The van der Waals surface area contributed by atoms with Gasteiger partial charge in [0.25, 0.3) is 0 Å². The third kappa shape index (κ3) is 6.54. The smallest absolute Gasteiger partial charge is 0.323 e. The maximum absolute atomic E-state index is 11.1. The van der Waals surface area contributed by atoms with E-state index in [2.05, 4.69) is 4.79 Å². The van der Waals surface area contributed by atoms with E-state index >= 15 is 0 Å². The Hall–Kier alpha value is -1.52. The minimum atomic E-state index is -0.799. The third-order valence-corrected chi connectivity index (χ3v) is 1.65. The number of hydrogen-bond donors (Lipinski definition) is 1. The molecule has 0 aromatic heterocycles. The van der Waals surface area contributed by atoms with Crippen LogP contribution in [-0.2, 0) is 14.3 Å². The van der Waals surface area contributed by atoms with E-state index in [0.29, 0.717) is 6.61 Å². The molecule has 6 nitrogen and oxygen atoms in total. The molecule has 0 aliphatic rings. The largest absolute Gasteiger partial charge is 0.465 e.